The number of nitrogens with one attached hydrogen (secondary N) is 1. The monoisotopic (exact) mass is 356 g/mol. The van der Waals surface area contributed by atoms with E-state index in [0.29, 0.717) is 5.92 Å². The van der Waals surface area contributed by atoms with Crippen molar-refractivity contribution in [2.45, 2.75) is 31.7 Å². The van der Waals surface area contributed by atoms with Crippen molar-refractivity contribution >= 4 is 16.7 Å². The lowest BCUT2D eigenvalue weighted by atomic mass is 9.85. The number of rotatable bonds is 5. The molecule has 1 aliphatic heterocycles. The van der Waals surface area contributed by atoms with E-state index in [1.54, 1.807) is 13.4 Å². The average molecular weight is 356 g/mol. The zero-order chi connectivity index (χ0) is 17.8. The highest BCUT2D eigenvalue weighted by Crippen LogP contribution is 2.29. The summed E-state index contributed by atoms with van der Waals surface area (Å²) in [7, 11) is 1.69. The first-order valence-corrected chi connectivity index (χ1v) is 9.68. The minimum atomic E-state index is 0.711. The van der Waals surface area contributed by atoms with Gasteiger partial charge >= 0.3 is 0 Å². The summed E-state index contributed by atoms with van der Waals surface area (Å²) in [4.78, 5) is 11.4. The maximum Gasteiger partial charge on any atom is 0.137 e. The highest BCUT2D eigenvalue weighted by molar-refractivity contribution is 5.89. The van der Waals surface area contributed by atoms with Crippen molar-refractivity contribution in [2.24, 2.45) is 5.92 Å². The number of nitrogens with zero attached hydrogens (tertiary/aromatic N) is 3. The maximum atomic E-state index is 5.48. The molecule has 0 bridgehead atoms. The summed E-state index contributed by atoms with van der Waals surface area (Å²) in [5, 5.41) is 4.58. The molecule has 1 N–H and O–H groups in total. The standard InChI is InChI=1S/C20H28N4O2/c1-25-17-6-7-19-18(12-17)20(23-14-22-19)21-13-15-2-4-16(5-3-15)24-8-10-26-11-9-24/h6-7,12,14-16H,2-5,8-11,13H2,1H3,(H,21,22,23). The Morgan fingerprint density at radius 3 is 2.73 bits per heavy atom. The van der Waals surface area contributed by atoms with Gasteiger partial charge in [-0.25, -0.2) is 9.97 Å². The van der Waals surface area contributed by atoms with Gasteiger partial charge < -0.3 is 14.8 Å². The second kappa shape index (κ2) is 8.18. The van der Waals surface area contributed by atoms with Gasteiger partial charge in [0.05, 0.1) is 25.8 Å². The van der Waals surface area contributed by atoms with E-state index in [1.807, 2.05) is 18.2 Å². The number of anilines is 1. The number of morpholine rings is 1. The molecule has 4 rings (SSSR count). The molecule has 26 heavy (non-hydrogen) atoms. The lowest BCUT2D eigenvalue weighted by molar-refractivity contribution is 0.00540. The van der Waals surface area contributed by atoms with Crippen LogP contribution in [0.1, 0.15) is 25.7 Å². The second-order valence-electron chi connectivity index (χ2n) is 7.31. The predicted molar refractivity (Wildman–Crippen MR) is 103 cm³/mol. The number of aromatic nitrogens is 2. The summed E-state index contributed by atoms with van der Waals surface area (Å²) in [6.45, 7) is 4.96. The fourth-order valence-corrected chi connectivity index (χ4v) is 4.20. The van der Waals surface area contributed by atoms with Crippen LogP contribution < -0.4 is 10.1 Å². The molecule has 1 aliphatic carbocycles. The molecular formula is C20H28N4O2. The Kier molecular flexibility index (Phi) is 5.51. The quantitative estimate of drug-likeness (QED) is 0.889. The molecule has 1 saturated carbocycles. The van der Waals surface area contributed by atoms with Crippen LogP contribution in [0, 0.1) is 5.92 Å². The summed E-state index contributed by atoms with van der Waals surface area (Å²) >= 11 is 0. The summed E-state index contributed by atoms with van der Waals surface area (Å²) in [5.74, 6) is 2.45. The number of hydrogen-bond donors (Lipinski definition) is 1. The van der Waals surface area contributed by atoms with E-state index in [4.69, 9.17) is 9.47 Å². The Morgan fingerprint density at radius 1 is 1.15 bits per heavy atom. The fourth-order valence-electron chi connectivity index (χ4n) is 4.20. The van der Waals surface area contributed by atoms with Gasteiger partial charge in [-0.2, -0.15) is 0 Å². The van der Waals surface area contributed by atoms with E-state index in [0.717, 1.165) is 61.4 Å². The molecule has 6 heteroatoms. The van der Waals surface area contributed by atoms with E-state index in [1.165, 1.54) is 25.7 Å². The molecule has 1 saturated heterocycles. The molecule has 2 aliphatic rings. The van der Waals surface area contributed by atoms with Crippen molar-refractivity contribution in [1.29, 1.82) is 0 Å². The molecule has 2 heterocycles. The molecule has 0 unspecified atom stereocenters. The van der Waals surface area contributed by atoms with E-state index in [9.17, 15) is 0 Å². The van der Waals surface area contributed by atoms with Crippen LogP contribution in [-0.2, 0) is 4.74 Å². The smallest absolute Gasteiger partial charge is 0.137 e. The van der Waals surface area contributed by atoms with E-state index >= 15 is 0 Å². The van der Waals surface area contributed by atoms with Crippen molar-refractivity contribution in [2.75, 3.05) is 45.3 Å². The Labute approximate surface area is 154 Å². The molecule has 0 atom stereocenters. The first-order chi connectivity index (χ1) is 12.8. The minimum Gasteiger partial charge on any atom is -0.497 e. The molecule has 0 radical (unpaired) electrons. The van der Waals surface area contributed by atoms with Crippen LogP contribution in [-0.4, -0.2) is 60.9 Å². The topological polar surface area (TPSA) is 59.5 Å². The number of hydrogen-bond acceptors (Lipinski definition) is 6. The molecule has 2 fully saturated rings. The van der Waals surface area contributed by atoms with E-state index in [2.05, 4.69) is 20.2 Å². The first-order valence-electron chi connectivity index (χ1n) is 9.68. The average Bonchev–Trinajstić information content (AvgIpc) is 2.73. The number of benzene rings is 1. The molecule has 1 aromatic carbocycles. The molecular weight excluding hydrogens is 328 g/mol. The Bertz CT molecular complexity index is 725. The molecule has 6 nitrogen and oxygen atoms in total. The molecule has 140 valence electrons. The largest absolute Gasteiger partial charge is 0.497 e. The van der Waals surface area contributed by atoms with Crippen LogP contribution in [0.2, 0.25) is 0 Å². The van der Waals surface area contributed by atoms with Crippen LogP contribution in [0.5, 0.6) is 5.75 Å². The maximum absolute atomic E-state index is 5.48. The van der Waals surface area contributed by atoms with Gasteiger partial charge in [-0.1, -0.05) is 0 Å². The van der Waals surface area contributed by atoms with Crippen molar-refractivity contribution in [3.63, 3.8) is 0 Å². The number of fused-ring (bicyclic) bond motifs is 1. The zero-order valence-electron chi connectivity index (χ0n) is 15.5. The highest BCUT2D eigenvalue weighted by Gasteiger charge is 2.26. The van der Waals surface area contributed by atoms with Gasteiger partial charge in [0.1, 0.15) is 17.9 Å². The minimum absolute atomic E-state index is 0.711. The SMILES string of the molecule is COc1ccc2ncnc(NCC3CCC(N4CCOCC4)CC3)c2c1. The van der Waals surface area contributed by atoms with Crippen molar-refractivity contribution in [3.05, 3.63) is 24.5 Å². The third-order valence-corrected chi connectivity index (χ3v) is 5.78. The van der Waals surface area contributed by atoms with Crippen LogP contribution in [0.4, 0.5) is 5.82 Å². The molecule has 0 spiro atoms. The van der Waals surface area contributed by atoms with Gasteiger partial charge in [0, 0.05) is 31.1 Å². The summed E-state index contributed by atoms with van der Waals surface area (Å²) in [6, 6.07) is 6.67. The fraction of sp³-hybridized carbons (Fsp3) is 0.600. The third-order valence-electron chi connectivity index (χ3n) is 5.78. The highest BCUT2D eigenvalue weighted by atomic mass is 16.5. The van der Waals surface area contributed by atoms with Gasteiger partial charge in [0.2, 0.25) is 0 Å². The summed E-state index contributed by atoms with van der Waals surface area (Å²) in [5.41, 5.74) is 0.944. The van der Waals surface area contributed by atoms with Crippen LogP contribution >= 0.6 is 0 Å². The second-order valence-corrected chi connectivity index (χ2v) is 7.31. The lowest BCUT2D eigenvalue weighted by Crippen LogP contribution is -2.45. The summed E-state index contributed by atoms with van der Waals surface area (Å²) < 4.78 is 10.8. The van der Waals surface area contributed by atoms with Gasteiger partial charge in [0.25, 0.3) is 0 Å². The van der Waals surface area contributed by atoms with Crippen LogP contribution in [0.3, 0.4) is 0 Å². The number of ether oxygens (including phenoxy) is 2. The van der Waals surface area contributed by atoms with Gasteiger partial charge in [0.15, 0.2) is 0 Å². The third kappa shape index (κ3) is 3.91. The molecule has 1 aromatic heterocycles. The zero-order valence-corrected chi connectivity index (χ0v) is 15.5. The lowest BCUT2D eigenvalue weighted by Gasteiger charge is -2.38. The Hall–Kier alpha value is -1.92. The van der Waals surface area contributed by atoms with Gasteiger partial charge in [-0.3, -0.25) is 4.90 Å². The molecule has 0 amide bonds. The van der Waals surface area contributed by atoms with Crippen LogP contribution in [0.15, 0.2) is 24.5 Å². The normalized spacial score (nSPS) is 24.5. The van der Waals surface area contributed by atoms with E-state index < -0.39 is 0 Å². The van der Waals surface area contributed by atoms with E-state index in [-0.39, 0.29) is 0 Å². The Morgan fingerprint density at radius 2 is 1.96 bits per heavy atom. The van der Waals surface area contributed by atoms with Crippen molar-refractivity contribution in [1.82, 2.24) is 14.9 Å². The summed E-state index contributed by atoms with van der Waals surface area (Å²) in [6.07, 6.45) is 6.78. The van der Waals surface area contributed by atoms with Gasteiger partial charge in [-0.05, 0) is 49.8 Å². The predicted octanol–water partition coefficient (Wildman–Crippen LogP) is 2.94. The van der Waals surface area contributed by atoms with Crippen LogP contribution in [0.25, 0.3) is 10.9 Å². The van der Waals surface area contributed by atoms with Gasteiger partial charge in [-0.15, -0.1) is 0 Å². The van der Waals surface area contributed by atoms with Crippen molar-refractivity contribution < 1.29 is 9.47 Å². The van der Waals surface area contributed by atoms with Crippen molar-refractivity contribution in [3.8, 4) is 5.75 Å². The number of methoxy groups -OCH3 is 1. The Balaban J connectivity index is 1.34. The first kappa shape index (κ1) is 17.5. The molecule has 2 aromatic rings.